The van der Waals surface area contributed by atoms with Crippen molar-refractivity contribution in [2.75, 3.05) is 6.61 Å². The van der Waals surface area contributed by atoms with E-state index in [1.165, 1.54) is 18.8 Å². The highest BCUT2D eigenvalue weighted by Gasteiger charge is 2.23. The van der Waals surface area contributed by atoms with Crippen molar-refractivity contribution in [3.05, 3.63) is 24.2 Å². The summed E-state index contributed by atoms with van der Waals surface area (Å²) in [5.74, 6) is -0.271. The van der Waals surface area contributed by atoms with E-state index in [-0.39, 0.29) is 24.3 Å². The molecule has 19 heavy (non-hydrogen) atoms. The summed E-state index contributed by atoms with van der Waals surface area (Å²) in [5.41, 5.74) is 0. The van der Waals surface area contributed by atoms with Gasteiger partial charge in [0.25, 0.3) is 5.91 Å². The minimum Gasteiger partial charge on any atom is -0.457 e. The summed E-state index contributed by atoms with van der Waals surface area (Å²) in [7, 11) is 0. The van der Waals surface area contributed by atoms with E-state index in [1.807, 2.05) is 0 Å². The Morgan fingerprint density at radius 2 is 2.21 bits per heavy atom. The maximum Gasteiger partial charge on any atom is 0.374 e. The summed E-state index contributed by atoms with van der Waals surface area (Å²) >= 11 is 0. The number of nitrogens with one attached hydrogen (secondary N) is 1. The van der Waals surface area contributed by atoms with Crippen LogP contribution in [0.2, 0.25) is 0 Å². The number of amides is 1. The topological polar surface area (TPSA) is 68.5 Å². The number of esters is 1. The number of furan rings is 1. The summed E-state index contributed by atoms with van der Waals surface area (Å²) in [6.07, 6.45) is 5.89. The Bertz CT molecular complexity index is 427. The molecule has 5 nitrogen and oxygen atoms in total. The van der Waals surface area contributed by atoms with Crippen LogP contribution in [0.15, 0.2) is 22.8 Å². The molecule has 1 fully saturated rings. The lowest BCUT2D eigenvalue weighted by Gasteiger charge is -2.29. The van der Waals surface area contributed by atoms with E-state index in [1.54, 1.807) is 6.07 Å². The second-order valence-electron chi connectivity index (χ2n) is 4.99. The molecule has 2 unspecified atom stereocenters. The lowest BCUT2D eigenvalue weighted by atomic mass is 9.86. The Morgan fingerprint density at radius 3 is 2.89 bits per heavy atom. The Hall–Kier alpha value is -1.78. The fourth-order valence-corrected chi connectivity index (χ4v) is 2.38. The maximum atomic E-state index is 11.7. The fourth-order valence-electron chi connectivity index (χ4n) is 2.38. The van der Waals surface area contributed by atoms with E-state index in [0.717, 1.165) is 19.3 Å². The van der Waals surface area contributed by atoms with Gasteiger partial charge >= 0.3 is 5.97 Å². The van der Waals surface area contributed by atoms with Gasteiger partial charge in [0, 0.05) is 6.04 Å². The van der Waals surface area contributed by atoms with Gasteiger partial charge in [-0.1, -0.05) is 19.8 Å². The number of carbonyl (C=O) groups is 2. The smallest absolute Gasteiger partial charge is 0.374 e. The van der Waals surface area contributed by atoms with Crippen LogP contribution < -0.4 is 5.32 Å². The quantitative estimate of drug-likeness (QED) is 0.847. The van der Waals surface area contributed by atoms with E-state index in [9.17, 15) is 9.59 Å². The summed E-state index contributed by atoms with van der Waals surface area (Å²) in [6.45, 7) is 1.88. The third-order valence-corrected chi connectivity index (χ3v) is 3.51. The lowest BCUT2D eigenvalue weighted by molar-refractivity contribution is -0.125. The molecule has 1 amide bonds. The second-order valence-corrected chi connectivity index (χ2v) is 4.99. The molecule has 2 rings (SSSR count). The monoisotopic (exact) mass is 265 g/mol. The van der Waals surface area contributed by atoms with Crippen LogP contribution in [0.4, 0.5) is 0 Å². The maximum absolute atomic E-state index is 11.7. The van der Waals surface area contributed by atoms with Crippen molar-refractivity contribution in [3.8, 4) is 0 Å². The zero-order chi connectivity index (χ0) is 13.7. The molecule has 0 radical (unpaired) electrons. The molecule has 2 atom stereocenters. The first-order valence-electron chi connectivity index (χ1n) is 6.67. The molecule has 1 aromatic rings. The van der Waals surface area contributed by atoms with Gasteiger partial charge in [0.2, 0.25) is 5.76 Å². The summed E-state index contributed by atoms with van der Waals surface area (Å²) in [5, 5.41) is 2.92. The van der Waals surface area contributed by atoms with Crippen LogP contribution in [0.1, 0.15) is 43.2 Å². The van der Waals surface area contributed by atoms with Crippen molar-refractivity contribution >= 4 is 11.9 Å². The molecule has 104 valence electrons. The van der Waals surface area contributed by atoms with E-state index < -0.39 is 5.97 Å². The summed E-state index contributed by atoms with van der Waals surface area (Å²) < 4.78 is 9.77. The number of carbonyl (C=O) groups excluding carboxylic acids is 2. The van der Waals surface area contributed by atoms with Crippen molar-refractivity contribution in [2.45, 2.75) is 38.6 Å². The molecule has 1 saturated carbocycles. The second kappa shape index (κ2) is 6.41. The van der Waals surface area contributed by atoms with Gasteiger partial charge in [-0.05, 0) is 30.9 Å². The largest absolute Gasteiger partial charge is 0.457 e. The molecule has 0 spiro atoms. The molecule has 1 aliphatic rings. The highest BCUT2D eigenvalue weighted by Crippen LogP contribution is 2.23. The number of ether oxygens (including phenoxy) is 1. The van der Waals surface area contributed by atoms with Crippen molar-refractivity contribution in [3.63, 3.8) is 0 Å². The third kappa shape index (κ3) is 3.84. The number of hydrogen-bond acceptors (Lipinski definition) is 4. The third-order valence-electron chi connectivity index (χ3n) is 3.51. The van der Waals surface area contributed by atoms with E-state index in [0.29, 0.717) is 5.92 Å². The first-order chi connectivity index (χ1) is 9.16. The number of rotatable bonds is 4. The molecule has 0 bridgehead atoms. The molecule has 5 heteroatoms. The Balaban J connectivity index is 1.74. The average molecular weight is 265 g/mol. The van der Waals surface area contributed by atoms with Crippen molar-refractivity contribution < 1.29 is 18.7 Å². The molecule has 1 aromatic heterocycles. The average Bonchev–Trinajstić information content (AvgIpc) is 2.93. The van der Waals surface area contributed by atoms with Crippen LogP contribution in [0.3, 0.4) is 0 Å². The van der Waals surface area contributed by atoms with Crippen LogP contribution in [-0.2, 0) is 9.53 Å². The van der Waals surface area contributed by atoms with Gasteiger partial charge in [0.05, 0.1) is 6.26 Å². The molecule has 0 aliphatic heterocycles. The summed E-state index contributed by atoms with van der Waals surface area (Å²) in [4.78, 5) is 23.2. The molecule has 0 aromatic carbocycles. The minimum atomic E-state index is -0.614. The summed E-state index contributed by atoms with van der Waals surface area (Å²) in [6, 6.07) is 3.30. The molecule has 0 saturated heterocycles. The van der Waals surface area contributed by atoms with Crippen LogP contribution in [0.5, 0.6) is 0 Å². The lowest BCUT2D eigenvalue weighted by Crippen LogP contribution is -2.42. The van der Waals surface area contributed by atoms with Crippen LogP contribution >= 0.6 is 0 Å². The molecule has 1 heterocycles. The van der Waals surface area contributed by atoms with Gasteiger partial charge in [0.15, 0.2) is 6.61 Å². The highest BCUT2D eigenvalue weighted by molar-refractivity contribution is 5.88. The predicted octanol–water partition coefficient (Wildman–Crippen LogP) is 2.13. The standard InChI is InChI=1S/C14H19NO4/c1-10-5-2-3-6-11(10)15-13(16)9-19-14(17)12-7-4-8-18-12/h4,7-8,10-11H,2-3,5-6,9H2,1H3,(H,15,16). The van der Waals surface area contributed by atoms with Crippen LogP contribution in [0.25, 0.3) is 0 Å². The van der Waals surface area contributed by atoms with Crippen molar-refractivity contribution in [1.82, 2.24) is 5.32 Å². The zero-order valence-corrected chi connectivity index (χ0v) is 11.1. The van der Waals surface area contributed by atoms with E-state index >= 15 is 0 Å². The SMILES string of the molecule is CC1CCCCC1NC(=O)COC(=O)c1ccco1. The van der Waals surface area contributed by atoms with Crippen LogP contribution in [-0.4, -0.2) is 24.5 Å². The molecular weight excluding hydrogens is 246 g/mol. The van der Waals surface area contributed by atoms with Gasteiger partial charge in [-0.15, -0.1) is 0 Å². The number of hydrogen-bond donors (Lipinski definition) is 1. The highest BCUT2D eigenvalue weighted by atomic mass is 16.5. The van der Waals surface area contributed by atoms with E-state index in [2.05, 4.69) is 12.2 Å². The Labute approximate surface area is 112 Å². The van der Waals surface area contributed by atoms with Gasteiger partial charge < -0.3 is 14.5 Å². The molecular formula is C14H19NO4. The van der Waals surface area contributed by atoms with Gasteiger partial charge in [-0.25, -0.2) is 4.79 Å². The first-order valence-corrected chi connectivity index (χ1v) is 6.67. The van der Waals surface area contributed by atoms with Crippen molar-refractivity contribution in [1.29, 1.82) is 0 Å². The van der Waals surface area contributed by atoms with E-state index in [4.69, 9.17) is 9.15 Å². The normalized spacial score (nSPS) is 22.8. The first kappa shape index (κ1) is 13.6. The van der Waals surface area contributed by atoms with Gasteiger partial charge in [-0.3, -0.25) is 4.79 Å². The van der Waals surface area contributed by atoms with Crippen LogP contribution in [0, 0.1) is 5.92 Å². The zero-order valence-electron chi connectivity index (χ0n) is 11.1. The Morgan fingerprint density at radius 1 is 1.42 bits per heavy atom. The fraction of sp³-hybridized carbons (Fsp3) is 0.571. The molecule has 1 N–H and O–H groups in total. The predicted molar refractivity (Wildman–Crippen MR) is 68.6 cm³/mol. The Kier molecular flexibility index (Phi) is 4.60. The van der Waals surface area contributed by atoms with Gasteiger partial charge in [0.1, 0.15) is 0 Å². The minimum absolute atomic E-state index is 0.110. The van der Waals surface area contributed by atoms with Gasteiger partial charge in [-0.2, -0.15) is 0 Å². The van der Waals surface area contributed by atoms with Crippen molar-refractivity contribution in [2.24, 2.45) is 5.92 Å². The molecule has 1 aliphatic carbocycles.